The van der Waals surface area contributed by atoms with E-state index in [0.717, 1.165) is 11.1 Å². The van der Waals surface area contributed by atoms with Gasteiger partial charge in [0.1, 0.15) is 5.82 Å². The van der Waals surface area contributed by atoms with E-state index in [2.05, 4.69) is 0 Å². The Hall–Kier alpha value is -2.16. The summed E-state index contributed by atoms with van der Waals surface area (Å²) in [6, 6.07) is 14.3. The summed E-state index contributed by atoms with van der Waals surface area (Å²) in [5, 5.41) is 0. The molecule has 2 aromatic carbocycles. The fourth-order valence-corrected chi connectivity index (χ4v) is 2.45. The molecule has 0 fully saturated rings. The number of hydrogen-bond acceptors (Lipinski definition) is 1. The highest BCUT2D eigenvalue weighted by atomic mass is 19.1. The molecule has 1 amide bonds. The van der Waals surface area contributed by atoms with Crippen LogP contribution in [0, 0.1) is 5.82 Å². The van der Waals surface area contributed by atoms with Gasteiger partial charge in [0.05, 0.1) is 0 Å². The summed E-state index contributed by atoms with van der Waals surface area (Å²) >= 11 is 0. The van der Waals surface area contributed by atoms with Crippen molar-refractivity contribution in [2.45, 2.75) is 13.0 Å². The molecule has 2 nitrogen and oxygen atoms in total. The molecule has 0 atom stereocenters. The Labute approximate surface area is 111 Å². The number of fused-ring (bicyclic) bond motifs is 1. The first-order chi connectivity index (χ1) is 9.25. The minimum atomic E-state index is -0.202. The van der Waals surface area contributed by atoms with Gasteiger partial charge in [-0.2, -0.15) is 0 Å². The van der Waals surface area contributed by atoms with Gasteiger partial charge in [-0.25, -0.2) is 4.39 Å². The van der Waals surface area contributed by atoms with Crippen LogP contribution in [0.2, 0.25) is 0 Å². The van der Waals surface area contributed by atoms with Crippen molar-refractivity contribution in [2.24, 2.45) is 0 Å². The van der Waals surface area contributed by atoms with Crippen LogP contribution in [0.3, 0.4) is 0 Å². The maximum absolute atomic E-state index is 13.5. The Morgan fingerprint density at radius 1 is 1.05 bits per heavy atom. The van der Waals surface area contributed by atoms with Gasteiger partial charge in [-0.3, -0.25) is 4.79 Å². The van der Waals surface area contributed by atoms with Gasteiger partial charge in [0.15, 0.2) is 0 Å². The van der Waals surface area contributed by atoms with Crippen LogP contribution in [0.4, 0.5) is 4.39 Å². The van der Waals surface area contributed by atoms with Crippen LogP contribution in [0.15, 0.2) is 48.5 Å². The Bertz CT molecular complexity index is 624. The molecule has 1 heterocycles. The van der Waals surface area contributed by atoms with Crippen molar-refractivity contribution in [3.63, 3.8) is 0 Å². The number of carbonyl (C=O) groups excluding carboxylic acids is 1. The lowest BCUT2D eigenvalue weighted by Crippen LogP contribution is -2.26. The van der Waals surface area contributed by atoms with Crippen molar-refractivity contribution in [1.29, 1.82) is 0 Å². The fraction of sp³-hybridized carbons (Fsp3) is 0.188. The lowest BCUT2D eigenvalue weighted by Gasteiger charge is -2.15. The van der Waals surface area contributed by atoms with E-state index >= 15 is 0 Å². The molecule has 0 radical (unpaired) electrons. The standard InChI is InChI=1S/C16H14FNO/c17-15-8-4-2-5-12(15)9-10-18-11-13-6-1-3-7-14(13)16(18)19/h1-8H,9-11H2. The zero-order valence-corrected chi connectivity index (χ0v) is 10.5. The zero-order valence-electron chi connectivity index (χ0n) is 10.5. The van der Waals surface area contributed by atoms with Crippen LogP contribution in [0.25, 0.3) is 0 Å². The molecule has 0 spiro atoms. The summed E-state index contributed by atoms with van der Waals surface area (Å²) in [5.74, 6) is -0.154. The normalized spacial score (nSPS) is 13.7. The smallest absolute Gasteiger partial charge is 0.254 e. The average molecular weight is 255 g/mol. The Balaban J connectivity index is 1.71. The van der Waals surface area contributed by atoms with E-state index in [-0.39, 0.29) is 11.7 Å². The average Bonchev–Trinajstić information content (AvgIpc) is 2.75. The van der Waals surface area contributed by atoms with E-state index in [1.54, 1.807) is 17.0 Å². The SMILES string of the molecule is O=C1c2ccccc2CN1CCc1ccccc1F. The summed E-state index contributed by atoms with van der Waals surface area (Å²) in [7, 11) is 0. The second-order valence-electron chi connectivity index (χ2n) is 4.73. The largest absolute Gasteiger partial charge is 0.334 e. The van der Waals surface area contributed by atoms with Crippen molar-refractivity contribution in [1.82, 2.24) is 4.90 Å². The molecule has 2 aromatic rings. The van der Waals surface area contributed by atoms with Crippen molar-refractivity contribution in [3.8, 4) is 0 Å². The molecule has 1 aliphatic heterocycles. The highest BCUT2D eigenvalue weighted by Gasteiger charge is 2.26. The van der Waals surface area contributed by atoms with Gasteiger partial charge in [-0.15, -0.1) is 0 Å². The number of benzene rings is 2. The van der Waals surface area contributed by atoms with Gasteiger partial charge in [-0.05, 0) is 29.7 Å². The first-order valence-electron chi connectivity index (χ1n) is 6.36. The van der Waals surface area contributed by atoms with Gasteiger partial charge in [0, 0.05) is 18.7 Å². The quantitative estimate of drug-likeness (QED) is 0.825. The molecule has 0 saturated heterocycles. The maximum atomic E-state index is 13.5. The molecule has 3 heteroatoms. The van der Waals surface area contributed by atoms with Gasteiger partial charge in [0.25, 0.3) is 5.91 Å². The minimum absolute atomic E-state index is 0.0481. The van der Waals surface area contributed by atoms with Crippen molar-refractivity contribution in [2.75, 3.05) is 6.54 Å². The van der Waals surface area contributed by atoms with Crippen LogP contribution < -0.4 is 0 Å². The molecule has 96 valence electrons. The van der Waals surface area contributed by atoms with Crippen molar-refractivity contribution < 1.29 is 9.18 Å². The topological polar surface area (TPSA) is 20.3 Å². The van der Waals surface area contributed by atoms with E-state index in [0.29, 0.717) is 25.1 Å². The third kappa shape index (κ3) is 2.24. The molecular formula is C16H14FNO. The van der Waals surface area contributed by atoms with Crippen LogP contribution in [0.1, 0.15) is 21.5 Å². The molecule has 0 unspecified atom stereocenters. The number of carbonyl (C=O) groups is 1. The lowest BCUT2D eigenvalue weighted by atomic mass is 10.1. The van der Waals surface area contributed by atoms with E-state index in [1.807, 2.05) is 30.3 Å². The molecule has 3 rings (SSSR count). The van der Waals surface area contributed by atoms with Crippen LogP contribution in [-0.4, -0.2) is 17.4 Å². The fourth-order valence-electron chi connectivity index (χ4n) is 2.45. The molecular weight excluding hydrogens is 241 g/mol. The van der Waals surface area contributed by atoms with Crippen LogP contribution >= 0.6 is 0 Å². The molecule has 0 N–H and O–H groups in total. The molecule has 0 aliphatic carbocycles. The van der Waals surface area contributed by atoms with E-state index in [1.165, 1.54) is 6.07 Å². The third-order valence-electron chi connectivity index (χ3n) is 3.51. The molecule has 0 bridgehead atoms. The monoisotopic (exact) mass is 255 g/mol. The predicted octanol–water partition coefficient (Wildman–Crippen LogP) is 3.02. The van der Waals surface area contributed by atoms with E-state index in [4.69, 9.17) is 0 Å². The first kappa shape index (κ1) is 11.9. The number of halogens is 1. The lowest BCUT2D eigenvalue weighted by molar-refractivity contribution is 0.0780. The van der Waals surface area contributed by atoms with E-state index in [9.17, 15) is 9.18 Å². The van der Waals surface area contributed by atoms with Gasteiger partial charge in [-0.1, -0.05) is 36.4 Å². The highest BCUT2D eigenvalue weighted by molar-refractivity contribution is 5.98. The van der Waals surface area contributed by atoms with Crippen LogP contribution in [0.5, 0.6) is 0 Å². The Morgan fingerprint density at radius 3 is 2.58 bits per heavy atom. The van der Waals surface area contributed by atoms with Gasteiger partial charge < -0.3 is 4.90 Å². The van der Waals surface area contributed by atoms with Gasteiger partial charge in [0.2, 0.25) is 0 Å². The third-order valence-corrected chi connectivity index (χ3v) is 3.51. The first-order valence-corrected chi connectivity index (χ1v) is 6.36. The number of hydrogen-bond donors (Lipinski definition) is 0. The summed E-state index contributed by atoms with van der Waals surface area (Å²) in [6.45, 7) is 1.18. The molecule has 0 saturated carbocycles. The number of rotatable bonds is 3. The highest BCUT2D eigenvalue weighted by Crippen LogP contribution is 2.22. The summed E-state index contributed by atoms with van der Waals surface area (Å²) < 4.78 is 13.5. The molecule has 19 heavy (non-hydrogen) atoms. The summed E-state index contributed by atoms with van der Waals surface area (Å²) in [4.78, 5) is 13.9. The Kier molecular flexibility index (Phi) is 3.03. The summed E-state index contributed by atoms with van der Waals surface area (Å²) in [6.07, 6.45) is 0.548. The van der Waals surface area contributed by atoms with E-state index < -0.39 is 0 Å². The van der Waals surface area contributed by atoms with Crippen LogP contribution in [-0.2, 0) is 13.0 Å². The number of amides is 1. The van der Waals surface area contributed by atoms with Crippen molar-refractivity contribution in [3.05, 3.63) is 71.0 Å². The maximum Gasteiger partial charge on any atom is 0.254 e. The minimum Gasteiger partial charge on any atom is -0.334 e. The van der Waals surface area contributed by atoms with Crippen molar-refractivity contribution >= 4 is 5.91 Å². The summed E-state index contributed by atoms with van der Waals surface area (Å²) in [5.41, 5.74) is 2.49. The second-order valence-corrected chi connectivity index (χ2v) is 4.73. The Morgan fingerprint density at radius 2 is 1.79 bits per heavy atom. The van der Waals surface area contributed by atoms with Gasteiger partial charge >= 0.3 is 0 Å². The number of nitrogens with zero attached hydrogens (tertiary/aromatic N) is 1. The zero-order chi connectivity index (χ0) is 13.2. The molecule has 0 aromatic heterocycles. The predicted molar refractivity (Wildman–Crippen MR) is 71.3 cm³/mol. The molecule has 1 aliphatic rings. The second kappa shape index (κ2) is 4.84.